The van der Waals surface area contributed by atoms with Crippen LogP contribution in [0.15, 0.2) is 0 Å². The van der Waals surface area contributed by atoms with E-state index in [4.69, 9.17) is 9.84 Å². The zero-order valence-corrected chi connectivity index (χ0v) is 15.9. The van der Waals surface area contributed by atoms with Crippen LogP contribution in [-0.4, -0.2) is 48.2 Å². The van der Waals surface area contributed by atoms with Gasteiger partial charge in [-0.05, 0) is 20.0 Å². The van der Waals surface area contributed by atoms with Gasteiger partial charge in [-0.1, -0.05) is 65.2 Å². The number of carboxylic acids is 1. The first-order valence-electron chi connectivity index (χ1n) is 9.59. The highest BCUT2D eigenvalue weighted by molar-refractivity contribution is 5.71. The van der Waals surface area contributed by atoms with Gasteiger partial charge in [0.05, 0.1) is 6.42 Å². The lowest BCUT2D eigenvalue weighted by atomic mass is 10.1. The van der Waals surface area contributed by atoms with Crippen molar-refractivity contribution in [3.05, 3.63) is 0 Å². The van der Waals surface area contributed by atoms with Gasteiger partial charge in [-0.2, -0.15) is 0 Å². The van der Waals surface area contributed by atoms with Gasteiger partial charge in [0.1, 0.15) is 6.10 Å². The lowest BCUT2D eigenvalue weighted by Gasteiger charge is -2.22. The number of likely N-dealkylation sites (N-methyl/N-ethyl adjacent to an activating group) is 1. The van der Waals surface area contributed by atoms with Crippen molar-refractivity contribution in [3.8, 4) is 0 Å². The fourth-order valence-corrected chi connectivity index (χ4v) is 2.64. The van der Waals surface area contributed by atoms with E-state index in [-0.39, 0.29) is 12.4 Å². The minimum Gasteiger partial charge on any atom is -0.481 e. The van der Waals surface area contributed by atoms with E-state index in [0.29, 0.717) is 13.0 Å². The first-order valence-corrected chi connectivity index (χ1v) is 9.59. The number of carbonyl (C=O) groups is 2. The van der Waals surface area contributed by atoms with Crippen LogP contribution in [0, 0.1) is 0 Å². The minimum absolute atomic E-state index is 0.131. The number of esters is 1. The number of carbonyl (C=O) groups excluding carboxylic acids is 1. The molecular weight excluding hydrogens is 306 g/mol. The van der Waals surface area contributed by atoms with E-state index in [2.05, 4.69) is 6.92 Å². The molecule has 0 unspecified atom stereocenters. The summed E-state index contributed by atoms with van der Waals surface area (Å²) in [6.45, 7) is 5.47. The van der Waals surface area contributed by atoms with Crippen LogP contribution in [0.1, 0.15) is 84.5 Å². The van der Waals surface area contributed by atoms with Crippen LogP contribution in [-0.2, 0) is 14.3 Å². The predicted octanol–water partition coefficient (Wildman–Crippen LogP) is 4.25. The molecular formula is C19H37NO4. The summed E-state index contributed by atoms with van der Waals surface area (Å²) >= 11 is 0. The second kappa shape index (κ2) is 15.4. The molecule has 0 fully saturated rings. The molecule has 0 bridgehead atoms. The molecule has 5 heteroatoms. The summed E-state index contributed by atoms with van der Waals surface area (Å²) in [5, 5.41) is 8.92. The third kappa shape index (κ3) is 14.5. The van der Waals surface area contributed by atoms with E-state index >= 15 is 0 Å². The monoisotopic (exact) mass is 343 g/mol. The van der Waals surface area contributed by atoms with Crippen molar-refractivity contribution in [1.82, 2.24) is 4.90 Å². The Morgan fingerprint density at radius 1 is 0.958 bits per heavy atom. The van der Waals surface area contributed by atoms with Crippen molar-refractivity contribution in [3.63, 3.8) is 0 Å². The van der Waals surface area contributed by atoms with Gasteiger partial charge in [-0.15, -0.1) is 0 Å². The van der Waals surface area contributed by atoms with Gasteiger partial charge in [-0.3, -0.25) is 9.59 Å². The van der Waals surface area contributed by atoms with Gasteiger partial charge >= 0.3 is 11.9 Å². The van der Waals surface area contributed by atoms with Crippen LogP contribution in [0.3, 0.4) is 0 Å². The molecule has 1 atom stereocenters. The predicted molar refractivity (Wildman–Crippen MR) is 97.1 cm³/mol. The molecule has 1 N–H and O–H groups in total. The van der Waals surface area contributed by atoms with Crippen molar-refractivity contribution >= 4 is 11.9 Å². The minimum atomic E-state index is -0.930. The number of rotatable bonds is 16. The Morgan fingerprint density at radius 2 is 1.50 bits per heavy atom. The van der Waals surface area contributed by atoms with Crippen LogP contribution in [0.2, 0.25) is 0 Å². The molecule has 0 saturated carbocycles. The highest BCUT2D eigenvalue weighted by Gasteiger charge is 2.19. The van der Waals surface area contributed by atoms with Gasteiger partial charge in [0.2, 0.25) is 0 Å². The molecule has 0 radical (unpaired) electrons. The Balaban J connectivity index is 3.78. The summed E-state index contributed by atoms with van der Waals surface area (Å²) in [5.74, 6) is -1.20. The normalized spacial score (nSPS) is 12.3. The Labute approximate surface area is 147 Å². The van der Waals surface area contributed by atoms with Crippen LogP contribution in [0.25, 0.3) is 0 Å². The zero-order valence-electron chi connectivity index (χ0n) is 15.9. The maximum absolute atomic E-state index is 11.9. The second-order valence-corrected chi connectivity index (χ2v) is 6.64. The standard InChI is InChI=1S/C19H37NO4/c1-4-6-7-8-9-10-11-12-13-14-19(23)24-17(15-18(21)22)16-20(3)5-2/h17H,4-16H2,1-3H3,(H,21,22)/t17-/m1/s1. The summed E-state index contributed by atoms with van der Waals surface area (Å²) in [7, 11) is 1.89. The molecule has 0 saturated heterocycles. The van der Waals surface area contributed by atoms with Gasteiger partial charge in [0.15, 0.2) is 0 Å². The molecule has 0 amide bonds. The van der Waals surface area contributed by atoms with E-state index in [0.717, 1.165) is 25.8 Å². The molecule has 0 aliphatic rings. The van der Waals surface area contributed by atoms with Gasteiger partial charge < -0.3 is 14.7 Å². The number of hydrogen-bond donors (Lipinski definition) is 1. The summed E-state index contributed by atoms with van der Waals surface area (Å²) in [4.78, 5) is 24.7. The molecule has 5 nitrogen and oxygen atoms in total. The summed E-state index contributed by atoms with van der Waals surface area (Å²) in [6, 6.07) is 0. The molecule has 142 valence electrons. The van der Waals surface area contributed by atoms with E-state index in [1.54, 1.807) is 0 Å². The topological polar surface area (TPSA) is 66.8 Å². The van der Waals surface area contributed by atoms with Crippen LogP contribution in [0.4, 0.5) is 0 Å². The number of ether oxygens (including phenoxy) is 1. The fraction of sp³-hybridized carbons (Fsp3) is 0.895. The fourth-order valence-electron chi connectivity index (χ4n) is 2.64. The summed E-state index contributed by atoms with van der Waals surface area (Å²) in [6.07, 6.45) is 10.5. The Morgan fingerprint density at radius 3 is 2.00 bits per heavy atom. The molecule has 0 aliphatic carbocycles. The average molecular weight is 344 g/mol. The van der Waals surface area contributed by atoms with Crippen LogP contribution in [0.5, 0.6) is 0 Å². The van der Waals surface area contributed by atoms with Gasteiger partial charge in [0.25, 0.3) is 0 Å². The number of carboxylic acid groups (broad SMARTS) is 1. The average Bonchev–Trinajstić information content (AvgIpc) is 2.52. The quantitative estimate of drug-likeness (QED) is 0.335. The first kappa shape index (κ1) is 22.9. The Bertz CT molecular complexity index is 333. The Hall–Kier alpha value is -1.10. The first-order chi connectivity index (χ1) is 11.5. The van der Waals surface area contributed by atoms with Crippen molar-refractivity contribution in [1.29, 1.82) is 0 Å². The highest BCUT2D eigenvalue weighted by Crippen LogP contribution is 2.11. The highest BCUT2D eigenvalue weighted by atomic mass is 16.5. The molecule has 24 heavy (non-hydrogen) atoms. The lowest BCUT2D eigenvalue weighted by molar-refractivity contribution is -0.153. The van der Waals surface area contributed by atoms with Crippen molar-refractivity contribution < 1.29 is 19.4 Å². The van der Waals surface area contributed by atoms with E-state index in [1.807, 2.05) is 18.9 Å². The number of unbranched alkanes of at least 4 members (excludes halogenated alkanes) is 8. The molecule has 0 aromatic heterocycles. The smallest absolute Gasteiger partial charge is 0.307 e. The molecule has 0 heterocycles. The molecule has 0 rings (SSSR count). The van der Waals surface area contributed by atoms with Crippen LogP contribution < -0.4 is 0 Å². The zero-order chi connectivity index (χ0) is 18.2. The number of aliphatic carboxylic acids is 1. The third-order valence-corrected chi connectivity index (χ3v) is 4.24. The third-order valence-electron chi connectivity index (χ3n) is 4.24. The number of nitrogens with zero attached hydrogens (tertiary/aromatic N) is 1. The van der Waals surface area contributed by atoms with Crippen molar-refractivity contribution in [2.75, 3.05) is 20.1 Å². The molecule has 0 aromatic rings. The number of hydrogen-bond acceptors (Lipinski definition) is 4. The van der Waals surface area contributed by atoms with E-state index < -0.39 is 12.1 Å². The Kier molecular flexibility index (Phi) is 14.7. The van der Waals surface area contributed by atoms with Crippen LogP contribution >= 0.6 is 0 Å². The van der Waals surface area contributed by atoms with E-state index in [1.165, 1.54) is 38.5 Å². The molecule has 0 aliphatic heterocycles. The van der Waals surface area contributed by atoms with Gasteiger partial charge in [-0.25, -0.2) is 0 Å². The molecule has 0 aromatic carbocycles. The van der Waals surface area contributed by atoms with Gasteiger partial charge in [0, 0.05) is 13.0 Å². The largest absolute Gasteiger partial charge is 0.481 e. The summed E-state index contributed by atoms with van der Waals surface area (Å²) < 4.78 is 5.34. The van der Waals surface area contributed by atoms with Crippen molar-refractivity contribution in [2.45, 2.75) is 90.6 Å². The maximum Gasteiger partial charge on any atom is 0.307 e. The second-order valence-electron chi connectivity index (χ2n) is 6.64. The molecule has 0 spiro atoms. The summed E-state index contributed by atoms with van der Waals surface area (Å²) in [5.41, 5.74) is 0. The lowest BCUT2D eigenvalue weighted by Crippen LogP contribution is -2.34. The van der Waals surface area contributed by atoms with Crippen molar-refractivity contribution in [2.24, 2.45) is 0 Å². The maximum atomic E-state index is 11.9. The van der Waals surface area contributed by atoms with E-state index in [9.17, 15) is 9.59 Å². The SMILES string of the molecule is CCCCCCCCCCCC(=O)O[C@H](CC(=O)O)CN(C)CC.